The molecule has 1 saturated heterocycles. The summed E-state index contributed by atoms with van der Waals surface area (Å²) in [6.45, 7) is 8.69. The predicted octanol–water partition coefficient (Wildman–Crippen LogP) is 2.35. The van der Waals surface area contributed by atoms with Crippen LogP contribution in [0.3, 0.4) is 0 Å². The van der Waals surface area contributed by atoms with Gasteiger partial charge in [0.25, 0.3) is 0 Å². The molecule has 4 rings (SSSR count). The Kier molecular flexibility index (Phi) is 7.42. The maximum Gasteiger partial charge on any atom is 0.191 e. The number of fused-ring (bicyclic) bond motifs is 1. The van der Waals surface area contributed by atoms with Crippen LogP contribution >= 0.6 is 0 Å². The molecule has 0 radical (unpaired) electrons. The number of aliphatic imine (C=N–C) groups is 1. The molecule has 1 unspecified atom stereocenters. The van der Waals surface area contributed by atoms with Crippen molar-refractivity contribution in [1.29, 1.82) is 0 Å². The number of methoxy groups -OCH3 is 1. The third-order valence-corrected chi connectivity index (χ3v) is 6.57. The monoisotopic (exact) mass is 440 g/mol. The zero-order valence-corrected chi connectivity index (χ0v) is 19.6. The normalized spacial score (nSPS) is 20.6. The fourth-order valence-electron chi connectivity index (χ4n) is 4.86. The average Bonchev–Trinajstić information content (AvgIpc) is 3.20. The van der Waals surface area contributed by atoms with E-state index in [-0.39, 0.29) is 11.5 Å². The summed E-state index contributed by atoms with van der Waals surface area (Å²) in [5.74, 6) is 2.67. The molecular weight excluding hydrogens is 404 g/mol. The highest BCUT2D eigenvalue weighted by atomic mass is 16.5. The van der Waals surface area contributed by atoms with Crippen molar-refractivity contribution in [2.45, 2.75) is 64.1 Å². The first-order valence-corrected chi connectivity index (χ1v) is 11.7. The number of hydrogen-bond donors (Lipinski definition) is 2. The van der Waals surface area contributed by atoms with Crippen LogP contribution in [0.5, 0.6) is 0 Å². The van der Waals surface area contributed by atoms with Gasteiger partial charge in [-0.25, -0.2) is 9.67 Å². The number of hydrogen-bond acceptors (Lipinski definition) is 5. The first-order valence-electron chi connectivity index (χ1n) is 11.7. The molecule has 174 valence electrons. The van der Waals surface area contributed by atoms with Gasteiger partial charge >= 0.3 is 0 Å². The smallest absolute Gasteiger partial charge is 0.191 e. The van der Waals surface area contributed by atoms with Crippen LogP contribution in [0.4, 0.5) is 0 Å². The molecular formula is C24H36N6O2. The molecule has 0 amide bonds. The van der Waals surface area contributed by atoms with E-state index in [0.717, 1.165) is 76.1 Å². The van der Waals surface area contributed by atoms with Crippen molar-refractivity contribution in [1.82, 2.24) is 25.4 Å². The minimum Gasteiger partial charge on any atom is -0.381 e. The minimum absolute atomic E-state index is 0.0205. The highest BCUT2D eigenvalue weighted by Gasteiger charge is 2.35. The minimum atomic E-state index is 0.0205. The molecule has 1 aromatic heterocycles. The summed E-state index contributed by atoms with van der Waals surface area (Å²) >= 11 is 0. The number of aryl methyl sites for hydroxylation is 2. The topological polar surface area (TPSA) is 85.6 Å². The number of benzene rings is 1. The Bertz CT molecular complexity index is 919. The molecule has 1 aromatic carbocycles. The maximum atomic E-state index is 5.71. The Morgan fingerprint density at radius 3 is 2.88 bits per heavy atom. The molecule has 2 aliphatic heterocycles. The third-order valence-electron chi connectivity index (χ3n) is 6.57. The second-order valence-corrected chi connectivity index (χ2v) is 8.84. The van der Waals surface area contributed by atoms with Gasteiger partial charge in [0.1, 0.15) is 12.4 Å². The first kappa shape index (κ1) is 22.7. The van der Waals surface area contributed by atoms with Crippen LogP contribution in [0.2, 0.25) is 0 Å². The average molecular weight is 441 g/mol. The maximum absolute atomic E-state index is 5.71. The number of aromatic nitrogens is 3. The lowest BCUT2D eigenvalue weighted by atomic mass is 9.72. The van der Waals surface area contributed by atoms with Crippen LogP contribution in [-0.2, 0) is 34.5 Å². The molecule has 0 bridgehead atoms. The number of nitrogens with one attached hydrogen (secondary N) is 2. The quantitative estimate of drug-likeness (QED) is 0.508. The van der Waals surface area contributed by atoms with Gasteiger partial charge in [0.2, 0.25) is 0 Å². The van der Waals surface area contributed by atoms with Gasteiger partial charge in [-0.2, -0.15) is 5.10 Å². The van der Waals surface area contributed by atoms with Crippen molar-refractivity contribution in [3.63, 3.8) is 0 Å². The van der Waals surface area contributed by atoms with Gasteiger partial charge in [0, 0.05) is 44.7 Å². The molecule has 8 heteroatoms. The van der Waals surface area contributed by atoms with E-state index >= 15 is 0 Å². The molecule has 3 heterocycles. The Labute approximate surface area is 190 Å². The van der Waals surface area contributed by atoms with Crippen molar-refractivity contribution in [3.8, 4) is 0 Å². The van der Waals surface area contributed by atoms with Gasteiger partial charge in [-0.3, -0.25) is 4.99 Å². The van der Waals surface area contributed by atoms with Crippen molar-refractivity contribution >= 4 is 5.96 Å². The van der Waals surface area contributed by atoms with E-state index in [1.54, 1.807) is 7.11 Å². The first-order chi connectivity index (χ1) is 15.6. The molecule has 0 saturated carbocycles. The summed E-state index contributed by atoms with van der Waals surface area (Å²) in [6.07, 6.45) is 3.90. The van der Waals surface area contributed by atoms with E-state index in [4.69, 9.17) is 14.5 Å². The van der Waals surface area contributed by atoms with Crippen LogP contribution in [0.1, 0.15) is 49.0 Å². The molecule has 2 aliphatic rings. The number of ether oxygens (including phenoxy) is 2. The second kappa shape index (κ2) is 10.4. The van der Waals surface area contributed by atoms with Crippen LogP contribution in [0, 0.1) is 6.92 Å². The van der Waals surface area contributed by atoms with E-state index in [1.807, 2.05) is 4.68 Å². The molecule has 1 atom stereocenters. The zero-order chi connectivity index (χ0) is 22.4. The lowest BCUT2D eigenvalue weighted by Gasteiger charge is -2.38. The van der Waals surface area contributed by atoms with Crippen molar-refractivity contribution in [2.75, 3.05) is 33.4 Å². The highest BCUT2D eigenvalue weighted by molar-refractivity contribution is 5.80. The summed E-state index contributed by atoms with van der Waals surface area (Å²) in [6, 6.07) is 8.99. The van der Waals surface area contributed by atoms with Gasteiger partial charge < -0.3 is 20.1 Å². The molecule has 2 aromatic rings. The molecule has 1 fully saturated rings. The molecule has 2 N–H and O–H groups in total. The van der Waals surface area contributed by atoms with Gasteiger partial charge in [0.15, 0.2) is 11.8 Å². The van der Waals surface area contributed by atoms with Gasteiger partial charge in [-0.05, 0) is 44.2 Å². The highest BCUT2D eigenvalue weighted by Crippen LogP contribution is 2.37. The van der Waals surface area contributed by atoms with Gasteiger partial charge in [0.05, 0.1) is 13.1 Å². The Morgan fingerprint density at radius 2 is 2.12 bits per heavy atom. The summed E-state index contributed by atoms with van der Waals surface area (Å²) in [7, 11) is 1.67. The van der Waals surface area contributed by atoms with E-state index in [0.29, 0.717) is 6.61 Å². The van der Waals surface area contributed by atoms with Crippen LogP contribution in [0.25, 0.3) is 0 Å². The molecule has 0 spiro atoms. The molecule has 8 nitrogen and oxygen atoms in total. The van der Waals surface area contributed by atoms with Gasteiger partial charge in [-0.1, -0.05) is 24.3 Å². The van der Waals surface area contributed by atoms with Gasteiger partial charge in [-0.15, -0.1) is 0 Å². The number of nitrogens with zero attached hydrogens (tertiary/aromatic N) is 4. The Balaban J connectivity index is 1.49. The summed E-state index contributed by atoms with van der Waals surface area (Å²) in [4.78, 5) is 9.67. The molecule has 32 heavy (non-hydrogen) atoms. The fraction of sp³-hybridized carbons (Fsp3) is 0.625. The number of rotatable bonds is 7. The van der Waals surface area contributed by atoms with Crippen molar-refractivity contribution < 1.29 is 9.47 Å². The lowest BCUT2D eigenvalue weighted by molar-refractivity contribution is 0.0529. The lowest BCUT2D eigenvalue weighted by Crippen LogP contribution is -2.48. The standard InChI is InChI=1S/C24H36N6O2/c1-4-25-23(27-19-9-10-22-28-21(16-31-3)29-30(22)15-19)26-17-24(11-13-32-14-12-24)20-8-6-5-7-18(20)2/h5-8,19H,4,9-17H2,1-3H3,(H2,25,26,27). The largest absolute Gasteiger partial charge is 0.381 e. The summed E-state index contributed by atoms with van der Waals surface area (Å²) in [5, 5.41) is 11.7. The van der Waals surface area contributed by atoms with Crippen molar-refractivity contribution in [3.05, 3.63) is 47.0 Å². The van der Waals surface area contributed by atoms with Crippen LogP contribution < -0.4 is 10.6 Å². The van der Waals surface area contributed by atoms with Crippen molar-refractivity contribution in [2.24, 2.45) is 4.99 Å². The predicted molar refractivity (Wildman–Crippen MR) is 125 cm³/mol. The zero-order valence-electron chi connectivity index (χ0n) is 19.6. The Hall–Kier alpha value is -2.45. The van der Waals surface area contributed by atoms with Crippen LogP contribution in [0.15, 0.2) is 29.3 Å². The fourth-order valence-corrected chi connectivity index (χ4v) is 4.86. The van der Waals surface area contributed by atoms with E-state index in [9.17, 15) is 0 Å². The van der Waals surface area contributed by atoms with E-state index in [1.165, 1.54) is 11.1 Å². The Morgan fingerprint density at radius 1 is 1.31 bits per heavy atom. The molecule has 0 aliphatic carbocycles. The van der Waals surface area contributed by atoms with Crippen LogP contribution in [-0.4, -0.2) is 60.2 Å². The number of guanidine groups is 1. The second-order valence-electron chi connectivity index (χ2n) is 8.84. The summed E-state index contributed by atoms with van der Waals surface area (Å²) in [5.41, 5.74) is 2.76. The SMILES string of the molecule is CCNC(=NCC1(c2ccccc2C)CCOCC1)NC1CCc2nc(COC)nn2C1. The van der Waals surface area contributed by atoms with E-state index < -0.39 is 0 Å². The van der Waals surface area contributed by atoms with E-state index in [2.05, 4.69) is 58.8 Å². The summed E-state index contributed by atoms with van der Waals surface area (Å²) < 4.78 is 12.9. The third kappa shape index (κ3) is 5.13.